The maximum Gasteiger partial charge on any atom is 0.416 e. The molecule has 0 bridgehead atoms. The van der Waals surface area contributed by atoms with E-state index in [4.69, 9.17) is 0 Å². The van der Waals surface area contributed by atoms with Gasteiger partial charge < -0.3 is 5.32 Å². The lowest BCUT2D eigenvalue weighted by Gasteiger charge is -2.22. The van der Waals surface area contributed by atoms with Gasteiger partial charge in [0.1, 0.15) is 0 Å². The Balaban J connectivity index is 2.29. The van der Waals surface area contributed by atoms with Crippen molar-refractivity contribution < 1.29 is 18.0 Å². The number of hydrogen-bond donors (Lipinski definition) is 1. The number of alkyl halides is 3. The summed E-state index contributed by atoms with van der Waals surface area (Å²) in [5, 5.41) is 2.67. The fraction of sp³-hybridized carbons (Fsp3) is 0.417. The number of rotatable bonds is 1. The molecule has 1 saturated heterocycles. The van der Waals surface area contributed by atoms with Crippen LogP contribution >= 0.6 is 0 Å². The molecule has 2 nitrogen and oxygen atoms in total. The van der Waals surface area contributed by atoms with Crippen molar-refractivity contribution in [3.63, 3.8) is 0 Å². The molecule has 1 unspecified atom stereocenters. The summed E-state index contributed by atoms with van der Waals surface area (Å²) in [6.07, 6.45) is -2.96. The summed E-state index contributed by atoms with van der Waals surface area (Å²) in [7, 11) is 0. The third-order valence-electron chi connectivity index (χ3n) is 2.90. The van der Waals surface area contributed by atoms with Gasteiger partial charge in [-0.15, -0.1) is 0 Å². The zero-order valence-electron chi connectivity index (χ0n) is 9.05. The van der Waals surface area contributed by atoms with Crippen LogP contribution in [0.2, 0.25) is 0 Å². The van der Waals surface area contributed by atoms with Gasteiger partial charge in [0.15, 0.2) is 0 Å². The topological polar surface area (TPSA) is 29.1 Å². The minimum atomic E-state index is -4.36. The van der Waals surface area contributed by atoms with Crippen LogP contribution in [0, 0.1) is 0 Å². The Hall–Kier alpha value is -1.52. The molecule has 0 radical (unpaired) electrons. The molecule has 0 aliphatic carbocycles. The van der Waals surface area contributed by atoms with E-state index in [1.807, 2.05) is 0 Å². The first-order valence-corrected chi connectivity index (χ1v) is 5.43. The van der Waals surface area contributed by atoms with Crippen LogP contribution in [0.25, 0.3) is 0 Å². The van der Waals surface area contributed by atoms with Gasteiger partial charge >= 0.3 is 6.18 Å². The van der Waals surface area contributed by atoms with Gasteiger partial charge in [0.25, 0.3) is 0 Å². The van der Waals surface area contributed by atoms with Crippen molar-refractivity contribution in [3.8, 4) is 0 Å². The molecule has 5 heteroatoms. The molecular weight excluding hydrogens is 231 g/mol. The van der Waals surface area contributed by atoms with Crippen molar-refractivity contribution in [2.75, 3.05) is 6.54 Å². The highest BCUT2D eigenvalue weighted by molar-refractivity contribution is 5.84. The predicted molar refractivity (Wildman–Crippen MR) is 56.4 cm³/mol. The molecule has 1 aromatic carbocycles. The SMILES string of the molecule is O=C1NCCCC1c1cccc(C(F)(F)F)c1. The van der Waals surface area contributed by atoms with Crippen LogP contribution in [0.1, 0.15) is 29.9 Å². The van der Waals surface area contributed by atoms with E-state index < -0.39 is 17.7 Å². The third kappa shape index (κ3) is 2.60. The molecule has 1 aliphatic rings. The van der Waals surface area contributed by atoms with Crippen LogP contribution in [-0.2, 0) is 11.0 Å². The maximum atomic E-state index is 12.5. The Morgan fingerprint density at radius 3 is 2.71 bits per heavy atom. The van der Waals surface area contributed by atoms with E-state index in [1.165, 1.54) is 6.07 Å². The van der Waals surface area contributed by atoms with Gasteiger partial charge in [0.05, 0.1) is 11.5 Å². The van der Waals surface area contributed by atoms with Gasteiger partial charge in [-0.1, -0.05) is 18.2 Å². The minimum absolute atomic E-state index is 0.185. The molecule has 17 heavy (non-hydrogen) atoms. The Morgan fingerprint density at radius 1 is 1.29 bits per heavy atom. The summed E-state index contributed by atoms with van der Waals surface area (Å²) in [4.78, 5) is 11.6. The lowest BCUT2D eigenvalue weighted by Crippen LogP contribution is -2.35. The summed E-state index contributed by atoms with van der Waals surface area (Å²) in [5.74, 6) is -0.637. The van der Waals surface area contributed by atoms with Crippen molar-refractivity contribution in [3.05, 3.63) is 35.4 Å². The normalized spacial score (nSPS) is 21.1. The van der Waals surface area contributed by atoms with E-state index in [-0.39, 0.29) is 5.91 Å². The highest BCUT2D eigenvalue weighted by Gasteiger charge is 2.32. The summed E-state index contributed by atoms with van der Waals surface area (Å²) in [6.45, 7) is 0.605. The smallest absolute Gasteiger partial charge is 0.356 e. The lowest BCUT2D eigenvalue weighted by atomic mass is 9.90. The summed E-state index contributed by atoms with van der Waals surface area (Å²) in [5.41, 5.74) is -0.259. The zero-order chi connectivity index (χ0) is 12.5. The van der Waals surface area contributed by atoms with Gasteiger partial charge in [-0.25, -0.2) is 0 Å². The summed E-state index contributed by atoms with van der Waals surface area (Å²) < 4.78 is 37.6. The second-order valence-corrected chi connectivity index (χ2v) is 4.11. The van der Waals surface area contributed by atoms with Crippen molar-refractivity contribution in [1.82, 2.24) is 5.32 Å². The quantitative estimate of drug-likeness (QED) is 0.807. The Kier molecular flexibility index (Phi) is 3.09. The van der Waals surface area contributed by atoms with Crippen molar-refractivity contribution in [2.24, 2.45) is 0 Å². The Labute approximate surface area is 96.8 Å². The van der Waals surface area contributed by atoms with Gasteiger partial charge in [-0.3, -0.25) is 4.79 Å². The zero-order valence-corrected chi connectivity index (χ0v) is 9.05. The number of nitrogens with one attached hydrogen (secondary N) is 1. The van der Waals surface area contributed by atoms with E-state index >= 15 is 0 Å². The number of carbonyl (C=O) groups is 1. The standard InChI is InChI=1S/C12H12F3NO/c13-12(14,15)9-4-1-3-8(7-9)10-5-2-6-16-11(10)17/h1,3-4,7,10H,2,5-6H2,(H,16,17). The van der Waals surface area contributed by atoms with Crippen LogP contribution in [0.5, 0.6) is 0 Å². The lowest BCUT2D eigenvalue weighted by molar-refractivity contribution is -0.137. The minimum Gasteiger partial charge on any atom is -0.356 e. The highest BCUT2D eigenvalue weighted by Crippen LogP contribution is 2.32. The predicted octanol–water partition coefficient (Wildman–Crippen LogP) is 2.70. The molecular formula is C12H12F3NO. The molecule has 1 aromatic rings. The van der Waals surface area contributed by atoms with Gasteiger partial charge in [0.2, 0.25) is 5.91 Å². The molecule has 1 aliphatic heterocycles. The third-order valence-corrected chi connectivity index (χ3v) is 2.90. The second kappa shape index (κ2) is 4.39. The van der Waals surface area contributed by atoms with Gasteiger partial charge in [-0.05, 0) is 24.5 Å². The van der Waals surface area contributed by atoms with Crippen LogP contribution in [0.3, 0.4) is 0 Å². The van der Waals surface area contributed by atoms with E-state index in [1.54, 1.807) is 6.07 Å². The molecule has 1 atom stereocenters. The average molecular weight is 243 g/mol. The molecule has 1 N–H and O–H groups in total. The number of benzene rings is 1. The number of amides is 1. The highest BCUT2D eigenvalue weighted by atomic mass is 19.4. The molecule has 2 rings (SSSR count). The average Bonchev–Trinajstić information content (AvgIpc) is 2.29. The first kappa shape index (κ1) is 12.0. The van der Waals surface area contributed by atoms with Crippen LogP contribution in [0.4, 0.5) is 13.2 Å². The van der Waals surface area contributed by atoms with Crippen LogP contribution in [0.15, 0.2) is 24.3 Å². The molecule has 0 saturated carbocycles. The second-order valence-electron chi connectivity index (χ2n) is 4.11. The van der Waals surface area contributed by atoms with Gasteiger partial charge in [0, 0.05) is 6.54 Å². The number of hydrogen-bond acceptors (Lipinski definition) is 1. The first-order chi connectivity index (χ1) is 7.98. The van der Waals surface area contributed by atoms with E-state index in [2.05, 4.69) is 5.32 Å². The van der Waals surface area contributed by atoms with Crippen molar-refractivity contribution in [1.29, 1.82) is 0 Å². The van der Waals surface area contributed by atoms with Gasteiger partial charge in [-0.2, -0.15) is 13.2 Å². The molecule has 0 spiro atoms. The Bertz CT molecular complexity index is 428. The number of piperidine rings is 1. The van der Waals surface area contributed by atoms with Crippen LogP contribution in [-0.4, -0.2) is 12.5 Å². The summed E-state index contributed by atoms with van der Waals surface area (Å²) >= 11 is 0. The number of halogens is 3. The van der Waals surface area contributed by atoms with Crippen LogP contribution < -0.4 is 5.32 Å². The van der Waals surface area contributed by atoms with E-state index in [0.29, 0.717) is 18.5 Å². The molecule has 1 amide bonds. The van der Waals surface area contributed by atoms with Crippen molar-refractivity contribution in [2.45, 2.75) is 24.9 Å². The van der Waals surface area contributed by atoms with Crippen molar-refractivity contribution >= 4 is 5.91 Å². The monoisotopic (exact) mass is 243 g/mol. The fourth-order valence-electron chi connectivity index (χ4n) is 2.02. The molecule has 0 aromatic heterocycles. The fourth-order valence-corrected chi connectivity index (χ4v) is 2.02. The molecule has 1 heterocycles. The summed E-state index contributed by atoms with van der Waals surface area (Å²) in [6, 6.07) is 5.00. The maximum absolute atomic E-state index is 12.5. The van der Waals surface area contributed by atoms with E-state index in [0.717, 1.165) is 18.6 Å². The largest absolute Gasteiger partial charge is 0.416 e. The first-order valence-electron chi connectivity index (χ1n) is 5.43. The molecule has 1 fully saturated rings. The Morgan fingerprint density at radius 2 is 2.06 bits per heavy atom. The van der Waals surface area contributed by atoms with E-state index in [9.17, 15) is 18.0 Å². The number of carbonyl (C=O) groups excluding carboxylic acids is 1. The molecule has 92 valence electrons.